The van der Waals surface area contributed by atoms with E-state index >= 15 is 0 Å². The number of carbonyl (C=O) groups is 1. The van der Waals surface area contributed by atoms with Crippen LogP contribution in [-0.4, -0.2) is 16.6 Å². The van der Waals surface area contributed by atoms with Crippen LogP contribution >= 0.6 is 23.1 Å². The second kappa shape index (κ2) is 8.92. The number of aryl methyl sites for hydroxylation is 1. The van der Waals surface area contributed by atoms with Crippen molar-refractivity contribution in [1.82, 2.24) is 4.90 Å². The van der Waals surface area contributed by atoms with Crippen LogP contribution in [0.3, 0.4) is 0 Å². The van der Waals surface area contributed by atoms with Crippen molar-refractivity contribution in [2.24, 2.45) is 0 Å². The molecule has 5 heteroatoms. The largest absolute Gasteiger partial charge is 0.467 e. The monoisotopic (exact) mass is 371 g/mol. The summed E-state index contributed by atoms with van der Waals surface area (Å²) in [6.45, 7) is 3.22. The van der Waals surface area contributed by atoms with E-state index in [0.717, 1.165) is 11.5 Å². The smallest absolute Gasteiger partial charge is 0.224 e. The number of thiophene rings is 1. The fourth-order valence-corrected chi connectivity index (χ4v) is 4.02. The van der Waals surface area contributed by atoms with Crippen LogP contribution in [0.2, 0.25) is 0 Å². The predicted molar refractivity (Wildman–Crippen MR) is 104 cm³/mol. The van der Waals surface area contributed by atoms with E-state index in [9.17, 15) is 4.79 Å². The highest BCUT2D eigenvalue weighted by Crippen LogP contribution is 2.21. The number of rotatable bonds is 8. The second-order valence-corrected chi connectivity index (χ2v) is 8.02. The maximum Gasteiger partial charge on any atom is 0.224 e. The molecule has 3 aromatic rings. The van der Waals surface area contributed by atoms with Crippen LogP contribution in [0.1, 0.15) is 22.6 Å². The Hall–Kier alpha value is -1.98. The standard InChI is InChI=1S/C20H21NO2S2/c1-16-6-8-18(9-7-16)25-13-10-20(22)21(14-17-4-2-11-23-17)15-19-5-3-12-24-19/h2-9,11-12H,10,13-15H2,1H3. The van der Waals surface area contributed by atoms with Crippen molar-refractivity contribution in [3.8, 4) is 0 Å². The van der Waals surface area contributed by atoms with Gasteiger partial charge in [-0.1, -0.05) is 23.8 Å². The summed E-state index contributed by atoms with van der Waals surface area (Å²) in [6, 6.07) is 16.3. The molecule has 1 amide bonds. The molecule has 3 nitrogen and oxygen atoms in total. The van der Waals surface area contributed by atoms with Gasteiger partial charge in [0.2, 0.25) is 5.91 Å². The summed E-state index contributed by atoms with van der Waals surface area (Å²) in [6.07, 6.45) is 2.17. The Kier molecular flexibility index (Phi) is 6.36. The van der Waals surface area contributed by atoms with Gasteiger partial charge in [0.25, 0.3) is 0 Å². The lowest BCUT2D eigenvalue weighted by Crippen LogP contribution is -2.29. The Morgan fingerprint density at radius 2 is 1.96 bits per heavy atom. The molecule has 2 heterocycles. The molecular weight excluding hydrogens is 350 g/mol. The van der Waals surface area contributed by atoms with E-state index in [-0.39, 0.29) is 5.91 Å². The van der Waals surface area contributed by atoms with Crippen LogP contribution in [0, 0.1) is 6.92 Å². The van der Waals surface area contributed by atoms with E-state index in [1.807, 2.05) is 28.5 Å². The summed E-state index contributed by atoms with van der Waals surface area (Å²) in [4.78, 5) is 17.0. The lowest BCUT2D eigenvalue weighted by molar-refractivity contribution is -0.132. The number of carbonyl (C=O) groups excluding carboxylic acids is 1. The minimum Gasteiger partial charge on any atom is -0.467 e. The Labute approximate surface area is 156 Å². The van der Waals surface area contributed by atoms with Gasteiger partial charge in [0.05, 0.1) is 19.4 Å². The minimum atomic E-state index is 0.157. The van der Waals surface area contributed by atoms with Gasteiger partial charge in [-0.15, -0.1) is 23.1 Å². The van der Waals surface area contributed by atoms with Gasteiger partial charge >= 0.3 is 0 Å². The first kappa shape index (κ1) is 17.8. The number of amides is 1. The average molecular weight is 372 g/mol. The zero-order chi connectivity index (χ0) is 17.5. The molecule has 0 unspecified atom stereocenters. The summed E-state index contributed by atoms with van der Waals surface area (Å²) in [5.41, 5.74) is 1.25. The molecule has 0 fully saturated rings. The number of hydrogen-bond acceptors (Lipinski definition) is 4. The summed E-state index contributed by atoms with van der Waals surface area (Å²) in [5, 5.41) is 2.04. The maximum atomic E-state index is 12.7. The van der Waals surface area contributed by atoms with Crippen LogP contribution in [0.25, 0.3) is 0 Å². The molecule has 130 valence electrons. The number of nitrogens with zero attached hydrogens (tertiary/aromatic N) is 1. The second-order valence-electron chi connectivity index (χ2n) is 5.82. The zero-order valence-corrected chi connectivity index (χ0v) is 15.8. The molecule has 0 spiro atoms. The first-order valence-electron chi connectivity index (χ1n) is 8.23. The highest BCUT2D eigenvalue weighted by atomic mass is 32.2. The fourth-order valence-electron chi connectivity index (χ4n) is 2.46. The van der Waals surface area contributed by atoms with Gasteiger partial charge in [-0.05, 0) is 42.6 Å². The summed E-state index contributed by atoms with van der Waals surface area (Å²) >= 11 is 3.40. The number of thioether (sulfide) groups is 1. The van der Waals surface area contributed by atoms with Gasteiger partial charge in [-0.3, -0.25) is 4.79 Å². The molecular formula is C20H21NO2S2. The summed E-state index contributed by atoms with van der Waals surface area (Å²) in [5.74, 6) is 1.75. The Balaban J connectivity index is 1.56. The van der Waals surface area contributed by atoms with E-state index in [1.165, 1.54) is 15.3 Å². The summed E-state index contributed by atoms with van der Waals surface area (Å²) in [7, 11) is 0. The predicted octanol–water partition coefficient (Wildman–Crippen LogP) is 5.36. The van der Waals surface area contributed by atoms with E-state index < -0.39 is 0 Å². The van der Waals surface area contributed by atoms with Crippen molar-refractivity contribution in [1.29, 1.82) is 0 Å². The lowest BCUT2D eigenvalue weighted by atomic mass is 10.2. The van der Waals surface area contributed by atoms with Gasteiger partial charge < -0.3 is 9.32 Å². The summed E-state index contributed by atoms with van der Waals surface area (Å²) < 4.78 is 5.42. The van der Waals surface area contributed by atoms with Gasteiger partial charge in [-0.2, -0.15) is 0 Å². The Morgan fingerprint density at radius 3 is 2.64 bits per heavy atom. The normalized spacial score (nSPS) is 10.8. The van der Waals surface area contributed by atoms with E-state index in [2.05, 4.69) is 37.3 Å². The van der Waals surface area contributed by atoms with E-state index in [1.54, 1.807) is 29.4 Å². The topological polar surface area (TPSA) is 33.5 Å². The molecule has 0 aliphatic heterocycles. The first-order chi connectivity index (χ1) is 12.2. The Morgan fingerprint density at radius 1 is 1.12 bits per heavy atom. The molecule has 0 saturated heterocycles. The van der Waals surface area contributed by atoms with Crippen LogP contribution in [0.4, 0.5) is 0 Å². The van der Waals surface area contributed by atoms with E-state index in [0.29, 0.717) is 19.5 Å². The number of benzene rings is 1. The average Bonchev–Trinajstić information content (AvgIpc) is 3.30. The van der Waals surface area contributed by atoms with Gasteiger partial charge in [0.15, 0.2) is 0 Å². The van der Waals surface area contributed by atoms with Crippen molar-refractivity contribution in [3.63, 3.8) is 0 Å². The maximum absolute atomic E-state index is 12.7. The van der Waals surface area contributed by atoms with Gasteiger partial charge in [-0.25, -0.2) is 0 Å². The van der Waals surface area contributed by atoms with Gasteiger partial charge in [0, 0.05) is 21.9 Å². The SMILES string of the molecule is Cc1ccc(SCCC(=O)N(Cc2ccco2)Cc2cccs2)cc1. The quantitative estimate of drug-likeness (QED) is 0.500. The van der Waals surface area contributed by atoms with Crippen molar-refractivity contribution in [3.05, 3.63) is 76.4 Å². The molecule has 0 bridgehead atoms. The molecule has 0 aliphatic rings. The molecule has 0 atom stereocenters. The molecule has 1 aromatic carbocycles. The molecule has 0 radical (unpaired) electrons. The lowest BCUT2D eigenvalue weighted by Gasteiger charge is -2.21. The van der Waals surface area contributed by atoms with Crippen molar-refractivity contribution in [2.75, 3.05) is 5.75 Å². The molecule has 25 heavy (non-hydrogen) atoms. The molecule has 3 rings (SSSR count). The molecule has 0 N–H and O–H groups in total. The number of furan rings is 1. The molecule has 0 saturated carbocycles. The van der Waals surface area contributed by atoms with Gasteiger partial charge in [0.1, 0.15) is 5.76 Å². The van der Waals surface area contributed by atoms with Crippen molar-refractivity contribution < 1.29 is 9.21 Å². The molecule has 0 aliphatic carbocycles. The van der Waals surface area contributed by atoms with E-state index in [4.69, 9.17) is 4.42 Å². The third kappa shape index (κ3) is 5.51. The van der Waals surface area contributed by atoms with Crippen molar-refractivity contribution in [2.45, 2.75) is 31.3 Å². The fraction of sp³-hybridized carbons (Fsp3) is 0.250. The minimum absolute atomic E-state index is 0.157. The van der Waals surface area contributed by atoms with Crippen LogP contribution < -0.4 is 0 Å². The third-order valence-electron chi connectivity index (χ3n) is 3.81. The highest BCUT2D eigenvalue weighted by molar-refractivity contribution is 7.99. The Bertz CT molecular complexity index is 728. The van der Waals surface area contributed by atoms with Crippen molar-refractivity contribution >= 4 is 29.0 Å². The number of hydrogen-bond donors (Lipinski definition) is 0. The third-order valence-corrected chi connectivity index (χ3v) is 5.69. The highest BCUT2D eigenvalue weighted by Gasteiger charge is 2.16. The molecule has 2 aromatic heterocycles. The van der Waals surface area contributed by atoms with Crippen LogP contribution in [0.15, 0.2) is 69.5 Å². The zero-order valence-electron chi connectivity index (χ0n) is 14.2. The van der Waals surface area contributed by atoms with Crippen LogP contribution in [-0.2, 0) is 17.9 Å². The van der Waals surface area contributed by atoms with Crippen LogP contribution in [0.5, 0.6) is 0 Å². The first-order valence-corrected chi connectivity index (χ1v) is 10.1.